The van der Waals surface area contributed by atoms with Gasteiger partial charge in [-0.2, -0.15) is 0 Å². The van der Waals surface area contributed by atoms with E-state index in [1.807, 2.05) is 13.8 Å². The number of carboxylic acids is 1. The summed E-state index contributed by atoms with van der Waals surface area (Å²) in [5.41, 5.74) is -1.70. The van der Waals surface area contributed by atoms with Gasteiger partial charge in [0.2, 0.25) is 11.8 Å². The van der Waals surface area contributed by atoms with Crippen molar-refractivity contribution in [1.82, 2.24) is 9.80 Å². The van der Waals surface area contributed by atoms with Crippen molar-refractivity contribution < 1.29 is 39.2 Å². The fourth-order valence-corrected chi connectivity index (χ4v) is 16.5. The van der Waals surface area contributed by atoms with Crippen LogP contribution < -0.4 is 0 Å². The predicted molar refractivity (Wildman–Crippen MR) is 220 cm³/mol. The summed E-state index contributed by atoms with van der Waals surface area (Å²) >= 11 is 0. The van der Waals surface area contributed by atoms with Crippen molar-refractivity contribution in [3.8, 4) is 0 Å². The second kappa shape index (κ2) is 13.6. The normalized spacial score (nSPS) is 44.7. The van der Waals surface area contributed by atoms with Crippen molar-refractivity contribution in [2.75, 3.05) is 39.4 Å². The Kier molecular flexibility index (Phi) is 10.00. The van der Waals surface area contributed by atoms with E-state index in [2.05, 4.69) is 46.4 Å². The first kappa shape index (κ1) is 42.5. The van der Waals surface area contributed by atoms with Crippen LogP contribution in [0.15, 0.2) is 0 Å². The zero-order valence-electron chi connectivity index (χ0n) is 37.3. The molecule has 0 aromatic rings. The van der Waals surface area contributed by atoms with Crippen molar-refractivity contribution in [3.05, 3.63) is 0 Å². The lowest BCUT2D eigenvalue weighted by Crippen LogP contribution is -2.68. The molecule has 3 N–H and O–H groups in total. The van der Waals surface area contributed by atoms with E-state index in [-0.39, 0.29) is 51.0 Å². The second-order valence-corrected chi connectivity index (χ2v) is 23.9. The molecule has 0 unspecified atom stereocenters. The van der Waals surface area contributed by atoms with Crippen molar-refractivity contribution in [2.24, 2.45) is 84.7 Å². The number of nitrogens with zero attached hydrogens (tertiary/aromatic N) is 2. The largest absolute Gasteiger partial charge is 0.481 e. The first-order valence-corrected chi connectivity index (χ1v) is 23.2. The minimum atomic E-state index is -1.21. The topological polar surface area (TPSA) is 145 Å². The third kappa shape index (κ3) is 5.73. The molecule has 12 atom stereocenters. The highest BCUT2D eigenvalue weighted by atomic mass is 16.5. The summed E-state index contributed by atoms with van der Waals surface area (Å²) in [7, 11) is 0. The molecule has 7 saturated carbocycles. The SMILES string of the molecule is CC(CO)(CO)C(=O)N1CCN(C(=O)[C@]23CC[C@@H](C4(C)CC4)[C@@H]2[C@H]2CC[C@@H]4[C@@]5(C)CC[C@H](OC(=O)[C@H]6C[C@@H](C(=O)O)C6(C)C)C(C)(C)[C@@H]5CC[C@@]4(C)[C@]2(C)CC3)CC1. The quantitative estimate of drug-likeness (QED) is 0.219. The van der Waals surface area contributed by atoms with Crippen molar-refractivity contribution in [3.63, 3.8) is 0 Å². The number of amides is 2. The van der Waals surface area contributed by atoms with Gasteiger partial charge in [0.15, 0.2) is 0 Å². The predicted octanol–water partition coefficient (Wildman–Crippen LogP) is 7.19. The average molecular weight is 809 g/mol. The van der Waals surface area contributed by atoms with Gasteiger partial charge in [0.05, 0.1) is 35.9 Å². The Morgan fingerprint density at radius 1 is 0.655 bits per heavy atom. The summed E-state index contributed by atoms with van der Waals surface area (Å²) in [4.78, 5) is 57.8. The molecule has 2 amide bonds. The molecule has 8 aliphatic rings. The van der Waals surface area contributed by atoms with E-state index in [4.69, 9.17) is 4.74 Å². The van der Waals surface area contributed by atoms with Crippen LogP contribution in [-0.2, 0) is 23.9 Å². The van der Waals surface area contributed by atoms with Gasteiger partial charge in [-0.05, 0) is 147 Å². The van der Waals surface area contributed by atoms with E-state index >= 15 is 4.79 Å². The van der Waals surface area contributed by atoms with E-state index in [0.29, 0.717) is 73.5 Å². The molecule has 0 radical (unpaired) electrons. The number of carbonyl (C=O) groups is 4. The van der Waals surface area contributed by atoms with Gasteiger partial charge < -0.3 is 29.9 Å². The van der Waals surface area contributed by atoms with Crippen LogP contribution in [0.25, 0.3) is 0 Å². The monoisotopic (exact) mass is 809 g/mol. The fourth-order valence-electron chi connectivity index (χ4n) is 16.5. The Morgan fingerprint density at radius 3 is 1.88 bits per heavy atom. The summed E-state index contributed by atoms with van der Waals surface area (Å²) in [6.07, 6.45) is 13.3. The number of ether oxygens (including phenoxy) is 1. The number of rotatable bonds is 8. The summed E-state index contributed by atoms with van der Waals surface area (Å²) in [6.45, 7) is 21.5. The van der Waals surface area contributed by atoms with Gasteiger partial charge in [-0.3, -0.25) is 19.2 Å². The van der Waals surface area contributed by atoms with E-state index in [1.165, 1.54) is 19.3 Å². The number of carbonyl (C=O) groups excluding carboxylic acids is 3. The van der Waals surface area contributed by atoms with E-state index in [9.17, 15) is 29.7 Å². The molecule has 1 heterocycles. The smallest absolute Gasteiger partial charge is 0.309 e. The summed E-state index contributed by atoms with van der Waals surface area (Å²) < 4.78 is 6.45. The Balaban J connectivity index is 1.02. The molecule has 326 valence electrons. The van der Waals surface area contributed by atoms with Crippen molar-refractivity contribution >= 4 is 23.8 Å². The Morgan fingerprint density at radius 2 is 1.29 bits per heavy atom. The van der Waals surface area contributed by atoms with Crippen LogP contribution in [-0.4, -0.2) is 94.4 Å². The van der Waals surface area contributed by atoms with Gasteiger partial charge in [0.25, 0.3) is 0 Å². The number of aliphatic hydroxyl groups excluding tert-OH is 2. The van der Waals surface area contributed by atoms with Crippen molar-refractivity contribution in [2.45, 2.75) is 152 Å². The summed E-state index contributed by atoms with van der Waals surface area (Å²) in [6, 6.07) is 0. The maximum atomic E-state index is 15.2. The first-order chi connectivity index (χ1) is 27.0. The molecule has 0 bridgehead atoms. The van der Waals surface area contributed by atoms with E-state index in [0.717, 1.165) is 57.8 Å². The second-order valence-electron chi connectivity index (χ2n) is 23.9. The minimum Gasteiger partial charge on any atom is -0.481 e. The molecule has 58 heavy (non-hydrogen) atoms. The third-order valence-corrected chi connectivity index (χ3v) is 20.9. The number of aliphatic carboxylic acids is 1. The van der Waals surface area contributed by atoms with Gasteiger partial charge in [-0.25, -0.2) is 0 Å². The van der Waals surface area contributed by atoms with E-state index < -0.39 is 35.9 Å². The van der Waals surface area contributed by atoms with Crippen molar-refractivity contribution in [1.29, 1.82) is 0 Å². The lowest BCUT2D eigenvalue weighted by atomic mass is 9.32. The number of hydrogen-bond donors (Lipinski definition) is 3. The first-order valence-electron chi connectivity index (χ1n) is 23.2. The van der Waals surface area contributed by atoms with Crippen LogP contribution in [0.5, 0.6) is 0 Å². The fraction of sp³-hybridized carbons (Fsp3) is 0.917. The molecular formula is C48H76N2O8. The minimum absolute atomic E-state index is 0.110. The maximum absolute atomic E-state index is 15.2. The highest BCUT2D eigenvalue weighted by Crippen LogP contribution is 2.79. The average Bonchev–Trinajstić information content (AvgIpc) is 3.79. The van der Waals surface area contributed by atoms with Crippen LogP contribution in [0.1, 0.15) is 146 Å². The maximum Gasteiger partial charge on any atom is 0.309 e. The Hall–Kier alpha value is -2.20. The number of esters is 1. The highest BCUT2D eigenvalue weighted by Gasteiger charge is 2.74. The summed E-state index contributed by atoms with van der Waals surface area (Å²) in [5, 5.41) is 29.5. The molecule has 0 spiro atoms. The zero-order chi connectivity index (χ0) is 42.2. The molecule has 10 nitrogen and oxygen atoms in total. The van der Waals surface area contributed by atoms with Crippen LogP contribution >= 0.6 is 0 Å². The molecule has 8 fully saturated rings. The van der Waals surface area contributed by atoms with Crippen LogP contribution in [0.2, 0.25) is 0 Å². The number of hydrogen-bond acceptors (Lipinski definition) is 7. The molecular weight excluding hydrogens is 733 g/mol. The van der Waals surface area contributed by atoms with Gasteiger partial charge >= 0.3 is 11.9 Å². The standard InChI is InChI=1S/C48H76N2O8/c1-41(2)31(37(53)54)26-32(41)38(55)58-35-14-15-45(7)33(42(35,3)4)13-16-47(9)34(45)11-10-30-36-29(43(5)18-19-43)12-17-48(36,21-20-46(30,47)8)40(57)50-24-22-49(23-25-50)39(56)44(6,27-51)28-52/h29-36,51-52H,10-28H2,1-9H3,(H,53,54)/t29-,30-,31+,32-,33+,34-,35+,36-,45+,46-,47-,48+/m1/s1. The zero-order valence-corrected chi connectivity index (χ0v) is 37.3. The van der Waals surface area contributed by atoms with Gasteiger partial charge in [-0.15, -0.1) is 0 Å². The molecule has 8 rings (SSSR count). The summed E-state index contributed by atoms with van der Waals surface area (Å²) in [5.74, 6) is 0.533. The van der Waals surface area contributed by atoms with Gasteiger partial charge in [0.1, 0.15) is 6.10 Å². The van der Waals surface area contributed by atoms with E-state index in [1.54, 1.807) is 11.8 Å². The van der Waals surface area contributed by atoms with Gasteiger partial charge in [0, 0.05) is 31.6 Å². The molecule has 7 aliphatic carbocycles. The number of fused-ring (bicyclic) bond motifs is 7. The van der Waals surface area contributed by atoms with Crippen LogP contribution in [0, 0.1) is 84.7 Å². The van der Waals surface area contributed by atoms with Crippen LogP contribution in [0.3, 0.4) is 0 Å². The lowest BCUT2D eigenvalue weighted by Gasteiger charge is -2.73. The van der Waals surface area contributed by atoms with Crippen LogP contribution in [0.4, 0.5) is 0 Å². The lowest BCUT2D eigenvalue weighted by molar-refractivity contribution is -0.253. The molecule has 10 heteroatoms. The number of piperazine rings is 1. The highest BCUT2D eigenvalue weighted by molar-refractivity contribution is 5.86. The Labute approximate surface area is 348 Å². The molecule has 0 aromatic heterocycles. The third-order valence-electron chi connectivity index (χ3n) is 20.9. The number of carboxylic acid groups (broad SMARTS) is 1. The molecule has 1 aliphatic heterocycles. The van der Waals surface area contributed by atoms with Gasteiger partial charge in [-0.1, -0.05) is 55.4 Å². The molecule has 1 saturated heterocycles. The molecule has 0 aromatic carbocycles. The Bertz CT molecular complexity index is 1690. The number of aliphatic hydroxyl groups is 2.